The van der Waals surface area contributed by atoms with Crippen LogP contribution < -0.4 is 5.32 Å². The third kappa shape index (κ3) is 1.74. The van der Waals surface area contributed by atoms with E-state index in [4.69, 9.17) is 0 Å². The summed E-state index contributed by atoms with van der Waals surface area (Å²) in [5, 5.41) is 13.8. The summed E-state index contributed by atoms with van der Waals surface area (Å²) >= 11 is 0. The fourth-order valence-corrected chi connectivity index (χ4v) is 2.46. The van der Waals surface area contributed by atoms with Crippen LogP contribution in [0, 0.1) is 6.92 Å². The quantitative estimate of drug-likeness (QED) is 0.738. The second kappa shape index (κ2) is 3.53. The molecule has 0 bridgehead atoms. The number of para-hydroxylation sites is 1. The van der Waals surface area contributed by atoms with Crippen LogP contribution in [-0.2, 0) is 6.42 Å². The Kier molecular flexibility index (Phi) is 2.47. The van der Waals surface area contributed by atoms with Crippen LogP contribution in [-0.4, -0.2) is 16.7 Å². The molecule has 2 heteroatoms. The number of benzene rings is 1. The first-order chi connectivity index (χ1) is 7.04. The second-order valence-electron chi connectivity index (χ2n) is 4.75. The highest BCUT2D eigenvalue weighted by molar-refractivity contribution is 5.60. The van der Waals surface area contributed by atoms with Gasteiger partial charge < -0.3 is 10.4 Å². The predicted octanol–water partition coefficient (Wildman–Crippen LogP) is 2.49. The first-order valence-electron chi connectivity index (χ1n) is 5.62. The van der Waals surface area contributed by atoms with Gasteiger partial charge in [-0.15, -0.1) is 0 Å². The predicted molar refractivity (Wildman–Crippen MR) is 63.2 cm³/mol. The van der Waals surface area contributed by atoms with Gasteiger partial charge in [0, 0.05) is 12.1 Å². The molecule has 1 heterocycles. The molecule has 2 unspecified atom stereocenters. The standard InChI is InChI=1S/C13H19NO/c1-4-11-13(3,15)8-10-7-5-6-9(2)12(10)14-11/h5-7,11,14-15H,4,8H2,1-3H3. The summed E-state index contributed by atoms with van der Waals surface area (Å²) in [6.45, 7) is 6.13. The molecule has 0 saturated carbocycles. The lowest BCUT2D eigenvalue weighted by Gasteiger charge is -2.39. The van der Waals surface area contributed by atoms with Gasteiger partial charge >= 0.3 is 0 Å². The minimum atomic E-state index is -0.629. The summed E-state index contributed by atoms with van der Waals surface area (Å²) in [7, 11) is 0. The van der Waals surface area contributed by atoms with Crippen molar-refractivity contribution in [2.24, 2.45) is 0 Å². The Labute approximate surface area is 91.3 Å². The van der Waals surface area contributed by atoms with Crippen molar-refractivity contribution in [2.45, 2.75) is 45.3 Å². The van der Waals surface area contributed by atoms with Crippen LogP contribution in [0.25, 0.3) is 0 Å². The number of aryl methyl sites for hydroxylation is 1. The van der Waals surface area contributed by atoms with Gasteiger partial charge in [-0.3, -0.25) is 0 Å². The number of hydrogen-bond donors (Lipinski definition) is 2. The van der Waals surface area contributed by atoms with Gasteiger partial charge in [0.25, 0.3) is 0 Å². The van der Waals surface area contributed by atoms with Crippen molar-refractivity contribution in [3.05, 3.63) is 29.3 Å². The molecule has 15 heavy (non-hydrogen) atoms. The minimum absolute atomic E-state index is 0.158. The smallest absolute Gasteiger partial charge is 0.0860 e. The van der Waals surface area contributed by atoms with Gasteiger partial charge in [-0.05, 0) is 31.4 Å². The van der Waals surface area contributed by atoms with Gasteiger partial charge in [0.15, 0.2) is 0 Å². The zero-order valence-electron chi connectivity index (χ0n) is 9.67. The Morgan fingerprint density at radius 2 is 2.27 bits per heavy atom. The summed E-state index contributed by atoms with van der Waals surface area (Å²) in [6.07, 6.45) is 1.69. The number of anilines is 1. The Balaban J connectivity index is 2.42. The fourth-order valence-electron chi connectivity index (χ4n) is 2.46. The highest BCUT2D eigenvalue weighted by atomic mass is 16.3. The highest BCUT2D eigenvalue weighted by Crippen LogP contribution is 2.34. The van der Waals surface area contributed by atoms with Crippen molar-refractivity contribution in [2.75, 3.05) is 5.32 Å². The van der Waals surface area contributed by atoms with E-state index in [1.165, 1.54) is 16.8 Å². The molecule has 0 aliphatic carbocycles. The SMILES string of the molecule is CCC1Nc2c(C)cccc2CC1(C)O. The van der Waals surface area contributed by atoms with E-state index in [0.29, 0.717) is 0 Å². The van der Waals surface area contributed by atoms with Crippen molar-refractivity contribution in [1.82, 2.24) is 0 Å². The lowest BCUT2D eigenvalue weighted by Crippen LogP contribution is -2.49. The molecule has 1 aliphatic heterocycles. The molecule has 0 spiro atoms. The van der Waals surface area contributed by atoms with E-state index in [0.717, 1.165) is 12.8 Å². The highest BCUT2D eigenvalue weighted by Gasteiger charge is 2.35. The van der Waals surface area contributed by atoms with E-state index in [9.17, 15) is 5.11 Å². The zero-order valence-corrected chi connectivity index (χ0v) is 9.67. The normalized spacial score (nSPS) is 29.5. The molecule has 2 rings (SSSR count). The Hall–Kier alpha value is -1.02. The van der Waals surface area contributed by atoms with Crippen molar-refractivity contribution in [1.29, 1.82) is 0 Å². The first-order valence-corrected chi connectivity index (χ1v) is 5.62. The molecule has 2 nitrogen and oxygen atoms in total. The third-order valence-electron chi connectivity index (χ3n) is 3.38. The summed E-state index contributed by atoms with van der Waals surface area (Å²) in [6, 6.07) is 6.41. The maximum atomic E-state index is 10.3. The van der Waals surface area contributed by atoms with Gasteiger partial charge in [-0.25, -0.2) is 0 Å². The topological polar surface area (TPSA) is 32.3 Å². The van der Waals surface area contributed by atoms with Gasteiger partial charge in [-0.2, -0.15) is 0 Å². The summed E-state index contributed by atoms with van der Waals surface area (Å²) < 4.78 is 0. The molecule has 0 amide bonds. The number of nitrogens with one attached hydrogen (secondary N) is 1. The third-order valence-corrected chi connectivity index (χ3v) is 3.38. The molecule has 1 aromatic carbocycles. The van der Waals surface area contributed by atoms with Crippen LogP contribution in [0.3, 0.4) is 0 Å². The van der Waals surface area contributed by atoms with Crippen LogP contribution in [0.4, 0.5) is 5.69 Å². The molecule has 0 radical (unpaired) electrons. The summed E-state index contributed by atoms with van der Waals surface area (Å²) in [5.41, 5.74) is 3.08. The second-order valence-corrected chi connectivity index (χ2v) is 4.75. The van der Waals surface area contributed by atoms with E-state index < -0.39 is 5.60 Å². The van der Waals surface area contributed by atoms with Crippen molar-refractivity contribution in [3.63, 3.8) is 0 Å². The average molecular weight is 205 g/mol. The van der Waals surface area contributed by atoms with Crippen molar-refractivity contribution < 1.29 is 5.11 Å². The van der Waals surface area contributed by atoms with Gasteiger partial charge in [0.2, 0.25) is 0 Å². The minimum Gasteiger partial charge on any atom is -0.388 e. The van der Waals surface area contributed by atoms with Gasteiger partial charge in [-0.1, -0.05) is 25.1 Å². The molecule has 1 aromatic rings. The number of rotatable bonds is 1. The van der Waals surface area contributed by atoms with Crippen LogP contribution >= 0.6 is 0 Å². The van der Waals surface area contributed by atoms with E-state index >= 15 is 0 Å². The largest absolute Gasteiger partial charge is 0.388 e. The maximum Gasteiger partial charge on any atom is 0.0860 e. The van der Waals surface area contributed by atoms with Crippen molar-refractivity contribution in [3.8, 4) is 0 Å². The first kappa shape index (κ1) is 10.5. The van der Waals surface area contributed by atoms with Crippen LogP contribution in [0.5, 0.6) is 0 Å². The molecule has 1 aliphatic rings. The molecule has 0 saturated heterocycles. The summed E-state index contributed by atoms with van der Waals surface area (Å²) in [5.74, 6) is 0. The molecular formula is C13H19NO. The molecule has 2 N–H and O–H groups in total. The van der Waals surface area contributed by atoms with Gasteiger partial charge in [0.05, 0.1) is 11.6 Å². The van der Waals surface area contributed by atoms with Crippen LogP contribution in [0.2, 0.25) is 0 Å². The lowest BCUT2D eigenvalue weighted by atomic mass is 9.82. The number of hydrogen-bond acceptors (Lipinski definition) is 2. The lowest BCUT2D eigenvalue weighted by molar-refractivity contribution is 0.0350. The van der Waals surface area contributed by atoms with E-state index in [-0.39, 0.29) is 6.04 Å². The average Bonchev–Trinajstić information content (AvgIpc) is 2.16. The fraction of sp³-hybridized carbons (Fsp3) is 0.538. The maximum absolute atomic E-state index is 10.3. The Morgan fingerprint density at radius 3 is 2.93 bits per heavy atom. The van der Waals surface area contributed by atoms with Gasteiger partial charge in [0.1, 0.15) is 0 Å². The molecule has 2 atom stereocenters. The Bertz CT molecular complexity index is 371. The van der Waals surface area contributed by atoms with Crippen LogP contribution in [0.1, 0.15) is 31.4 Å². The molecule has 82 valence electrons. The molecule has 0 fully saturated rings. The van der Waals surface area contributed by atoms with Crippen molar-refractivity contribution >= 4 is 5.69 Å². The zero-order chi connectivity index (χ0) is 11.1. The van der Waals surface area contributed by atoms with E-state index in [1.807, 2.05) is 6.92 Å². The summed E-state index contributed by atoms with van der Waals surface area (Å²) in [4.78, 5) is 0. The number of fused-ring (bicyclic) bond motifs is 1. The number of aliphatic hydroxyl groups is 1. The molecule has 0 aromatic heterocycles. The molecular weight excluding hydrogens is 186 g/mol. The van der Waals surface area contributed by atoms with E-state index in [2.05, 4.69) is 37.4 Å². The van der Waals surface area contributed by atoms with E-state index in [1.54, 1.807) is 0 Å². The monoisotopic (exact) mass is 205 g/mol. The van der Waals surface area contributed by atoms with Crippen LogP contribution in [0.15, 0.2) is 18.2 Å². The Morgan fingerprint density at radius 1 is 1.53 bits per heavy atom.